The molecule has 19 nitrogen and oxygen atoms in total. The summed E-state index contributed by atoms with van der Waals surface area (Å²) in [4.78, 5) is 22.4. The topological polar surface area (TPSA) is 245 Å². The molecular weight excluding hydrogens is 1020 g/mol. The Morgan fingerprint density at radius 2 is 0.911 bits per heavy atom. The quantitative estimate of drug-likeness (QED) is 0.0854. The normalized spacial score (nSPS) is 20.6. The maximum Gasteiger partial charge on any atom is 0.498 e. The Kier molecular flexibility index (Phi) is 17.8. The Morgan fingerprint density at radius 1 is 0.544 bits per heavy atom. The highest BCUT2D eigenvalue weighted by atomic mass is 35.5. The third kappa shape index (κ3) is 12.8. The minimum atomic E-state index is -0.389. The number of rotatable bonds is 12. The Balaban J connectivity index is 0.000000132. The molecule has 9 heterocycles. The van der Waals surface area contributed by atoms with E-state index >= 15 is 0 Å². The maximum atomic E-state index is 9.18. The summed E-state index contributed by atoms with van der Waals surface area (Å²) in [6.07, 6.45) is 34.4. The highest BCUT2D eigenvalue weighted by Gasteiger charge is 2.53. The lowest BCUT2D eigenvalue weighted by atomic mass is 9.82. The zero-order chi connectivity index (χ0) is 56.0. The van der Waals surface area contributed by atoms with Gasteiger partial charge in [0, 0.05) is 65.3 Å². The molecule has 22 heteroatoms. The van der Waals surface area contributed by atoms with E-state index in [1.165, 1.54) is 83.4 Å². The lowest BCUT2D eigenvalue weighted by molar-refractivity contribution is 0.00578. The number of nitrogens with one attached hydrogen (secondary N) is 2. The molecule has 2 aliphatic heterocycles. The first kappa shape index (κ1) is 57.3. The van der Waals surface area contributed by atoms with E-state index in [0.717, 1.165) is 44.2 Å². The Bertz CT molecular complexity index is 3110. The second-order valence-corrected chi connectivity index (χ2v) is 24.0. The molecule has 79 heavy (non-hydrogen) atoms. The number of nitriles is 3. The summed E-state index contributed by atoms with van der Waals surface area (Å²) in [5.74, 6) is 1.67. The van der Waals surface area contributed by atoms with Gasteiger partial charge in [0.1, 0.15) is 29.1 Å². The van der Waals surface area contributed by atoms with Gasteiger partial charge in [-0.25, -0.2) is 19.9 Å². The SMILES string of the molecule is CC1(C)OB(c2cnn([C@@H](CC#N)C3CCCC3)c2)OC1(C)C.CC1(C)OB(c2cnn([C@H](CC#N)C3CCCC3)c2)OC1(C)C.Clc1ncnc2[nH]ccc12.N#CC[C@H](C1CCCC1)n1cc(-c2ncnc3[nH]ccc23)cn1. The van der Waals surface area contributed by atoms with Crippen LogP contribution in [-0.2, 0) is 18.6 Å². The predicted octanol–water partition coefficient (Wildman–Crippen LogP) is 10.7. The van der Waals surface area contributed by atoms with E-state index in [2.05, 4.69) is 119 Å². The molecule has 5 aliphatic rings. The van der Waals surface area contributed by atoms with Crippen LogP contribution in [0.15, 0.2) is 74.4 Å². The zero-order valence-corrected chi connectivity index (χ0v) is 47.7. The van der Waals surface area contributed by atoms with E-state index in [1.807, 2.05) is 69.6 Å². The lowest BCUT2D eigenvalue weighted by Gasteiger charge is -2.32. The van der Waals surface area contributed by atoms with E-state index < -0.39 is 0 Å². The number of fused-ring (bicyclic) bond motifs is 2. The third-order valence-corrected chi connectivity index (χ3v) is 17.9. The fourth-order valence-electron chi connectivity index (χ4n) is 11.6. The van der Waals surface area contributed by atoms with Crippen LogP contribution in [0.2, 0.25) is 5.15 Å². The molecule has 2 saturated heterocycles. The average molecular weight is 1090 g/mol. The van der Waals surface area contributed by atoms with Gasteiger partial charge in [0.05, 0.1) is 95.3 Å². The highest BCUT2D eigenvalue weighted by Crippen LogP contribution is 2.41. The van der Waals surface area contributed by atoms with Crippen LogP contribution in [0.5, 0.6) is 0 Å². The number of halogens is 1. The van der Waals surface area contributed by atoms with Crippen molar-refractivity contribution in [2.45, 2.75) is 192 Å². The largest absolute Gasteiger partial charge is 0.498 e. The number of aromatic amines is 2. The fraction of sp³-hybridized carbons (Fsp3) is 0.579. The summed E-state index contributed by atoms with van der Waals surface area (Å²) in [6.45, 7) is 16.4. The van der Waals surface area contributed by atoms with Crippen LogP contribution in [0, 0.1) is 51.7 Å². The van der Waals surface area contributed by atoms with E-state index in [1.54, 1.807) is 12.5 Å². The number of aromatic nitrogens is 12. The third-order valence-electron chi connectivity index (χ3n) is 17.6. The molecule has 3 atom stereocenters. The van der Waals surface area contributed by atoms with Crippen molar-refractivity contribution in [3.8, 4) is 29.5 Å². The van der Waals surface area contributed by atoms with Crippen molar-refractivity contribution in [1.82, 2.24) is 59.2 Å². The summed E-state index contributed by atoms with van der Waals surface area (Å²) in [7, 11) is -0.778. The van der Waals surface area contributed by atoms with Crippen LogP contribution >= 0.6 is 11.6 Å². The minimum absolute atomic E-state index is 0.165. The van der Waals surface area contributed by atoms with Crippen LogP contribution in [-0.4, -0.2) is 95.9 Å². The van der Waals surface area contributed by atoms with Crippen LogP contribution < -0.4 is 10.9 Å². The van der Waals surface area contributed by atoms with Crippen molar-refractivity contribution >= 4 is 58.8 Å². The number of hydrogen-bond acceptors (Lipinski definition) is 14. The average Bonchev–Trinajstić information content (AvgIpc) is 4.45. The van der Waals surface area contributed by atoms with Gasteiger partial charge in [0.25, 0.3) is 0 Å². The van der Waals surface area contributed by atoms with Crippen LogP contribution in [0.1, 0.15) is 170 Å². The molecule has 7 aromatic rings. The van der Waals surface area contributed by atoms with Crippen LogP contribution in [0.25, 0.3) is 33.3 Å². The summed E-state index contributed by atoms with van der Waals surface area (Å²) in [6, 6.07) is 11.3. The maximum absolute atomic E-state index is 9.18. The van der Waals surface area contributed by atoms with E-state index in [4.69, 9.17) is 30.2 Å². The van der Waals surface area contributed by atoms with Gasteiger partial charge in [0.2, 0.25) is 0 Å². The molecule has 5 fully saturated rings. The fourth-order valence-corrected chi connectivity index (χ4v) is 11.8. The highest BCUT2D eigenvalue weighted by molar-refractivity contribution is 6.62. The van der Waals surface area contributed by atoms with Gasteiger partial charge in [-0.3, -0.25) is 14.0 Å². The molecule has 0 bridgehead atoms. The number of nitrogens with zero attached hydrogens (tertiary/aromatic N) is 13. The molecule has 7 aromatic heterocycles. The van der Waals surface area contributed by atoms with Crippen molar-refractivity contribution < 1.29 is 18.6 Å². The smallest absolute Gasteiger partial charge is 0.399 e. The van der Waals surface area contributed by atoms with Gasteiger partial charge in [-0.2, -0.15) is 31.1 Å². The van der Waals surface area contributed by atoms with Gasteiger partial charge in [-0.1, -0.05) is 50.1 Å². The van der Waals surface area contributed by atoms with E-state index in [0.29, 0.717) is 42.2 Å². The first-order chi connectivity index (χ1) is 37.9. The molecular formula is C57H74B2ClN15O4. The van der Waals surface area contributed by atoms with E-state index in [9.17, 15) is 15.8 Å². The summed E-state index contributed by atoms with van der Waals surface area (Å²) in [5.41, 5.74) is 3.92. The van der Waals surface area contributed by atoms with Gasteiger partial charge in [0.15, 0.2) is 0 Å². The standard InChI is InChI=1S/2C17H26BN3O2.C17H18N6.C6H4ClN3/c2*1-16(2)17(3,4)23-18(22-16)14-11-20-21(12-14)15(9-10-19)13-7-5-6-8-13;18-7-5-15(12-3-1-2-4-12)23-10-13(9-22-23)16-14-6-8-19-17(14)21-11-20-16;7-5-4-1-2-8-6(4)10-3-9-5/h2*11-13,15H,5-9H2,1-4H3;6,8-12,15H,1-5H2,(H,19,20,21);1-3H,(H,8,9,10)/t3*15-;/m101./s1. The number of hydrogen-bond donors (Lipinski definition) is 2. The first-order valence-corrected chi connectivity index (χ1v) is 28.5. The molecule has 12 rings (SSSR count). The molecule has 2 N–H and O–H groups in total. The monoisotopic (exact) mass is 1090 g/mol. The van der Waals surface area contributed by atoms with E-state index in [-0.39, 0.29) is 54.8 Å². The molecule has 3 saturated carbocycles. The predicted molar refractivity (Wildman–Crippen MR) is 304 cm³/mol. The molecule has 0 radical (unpaired) electrons. The number of H-pyrrole nitrogens is 2. The van der Waals surface area contributed by atoms with Crippen molar-refractivity contribution in [3.05, 3.63) is 79.5 Å². The first-order valence-electron chi connectivity index (χ1n) is 28.1. The van der Waals surface area contributed by atoms with Crippen molar-refractivity contribution in [3.63, 3.8) is 0 Å². The molecule has 0 unspecified atom stereocenters. The molecule has 0 amide bonds. The molecule has 3 aliphatic carbocycles. The second-order valence-electron chi connectivity index (χ2n) is 23.7. The van der Waals surface area contributed by atoms with Gasteiger partial charge >= 0.3 is 14.2 Å². The van der Waals surface area contributed by atoms with Crippen molar-refractivity contribution in [1.29, 1.82) is 15.8 Å². The van der Waals surface area contributed by atoms with Crippen molar-refractivity contribution in [2.24, 2.45) is 17.8 Å². The van der Waals surface area contributed by atoms with Gasteiger partial charge in [-0.15, -0.1) is 0 Å². The summed E-state index contributed by atoms with van der Waals surface area (Å²) >= 11 is 5.73. The minimum Gasteiger partial charge on any atom is -0.399 e. The van der Waals surface area contributed by atoms with Gasteiger partial charge < -0.3 is 28.6 Å². The zero-order valence-electron chi connectivity index (χ0n) is 47.0. The Labute approximate surface area is 469 Å². The van der Waals surface area contributed by atoms with Crippen molar-refractivity contribution in [2.75, 3.05) is 0 Å². The second kappa shape index (κ2) is 24.5. The van der Waals surface area contributed by atoms with Crippen LogP contribution in [0.4, 0.5) is 0 Å². The van der Waals surface area contributed by atoms with Crippen LogP contribution in [0.3, 0.4) is 0 Å². The Morgan fingerprint density at radius 3 is 1.32 bits per heavy atom. The lowest BCUT2D eigenvalue weighted by Crippen LogP contribution is -2.41. The summed E-state index contributed by atoms with van der Waals surface area (Å²) < 4.78 is 30.2. The Hall–Kier alpha value is -6.40. The molecule has 414 valence electrons. The summed E-state index contributed by atoms with van der Waals surface area (Å²) in [5, 5.41) is 43.5. The molecule has 0 aromatic carbocycles. The molecule has 0 spiro atoms. The van der Waals surface area contributed by atoms with Gasteiger partial charge in [-0.05, 0) is 124 Å².